The Morgan fingerprint density at radius 1 is 1.15 bits per heavy atom. The van der Waals surface area contributed by atoms with E-state index in [4.69, 9.17) is 5.11 Å². The van der Waals surface area contributed by atoms with E-state index in [1.165, 1.54) is 21.4 Å². The molecule has 0 aliphatic carbocycles. The van der Waals surface area contributed by atoms with Crippen molar-refractivity contribution in [3.05, 3.63) is 59.9 Å². The first-order chi connectivity index (χ1) is 12.4. The minimum absolute atomic E-state index is 0.00142. The van der Waals surface area contributed by atoms with Gasteiger partial charge >= 0.3 is 0 Å². The third kappa shape index (κ3) is 4.06. The first-order valence-corrected chi connectivity index (χ1v) is 8.60. The molecular formula is C18H19F2N4OP. The van der Waals surface area contributed by atoms with Gasteiger partial charge in [-0.1, -0.05) is 33.5 Å². The number of aryl methyl sites for hydroxylation is 1. The Morgan fingerprint density at radius 2 is 1.85 bits per heavy atom. The van der Waals surface area contributed by atoms with Crippen molar-refractivity contribution in [2.24, 2.45) is 7.05 Å². The fourth-order valence-corrected chi connectivity index (χ4v) is 2.76. The molecule has 1 atom stereocenters. The first-order valence-electron chi connectivity index (χ1n) is 8.03. The summed E-state index contributed by atoms with van der Waals surface area (Å²) in [5.41, 5.74) is -0.785. The highest BCUT2D eigenvalue weighted by atomic mass is 31.0. The number of aliphatic hydroxyl groups is 1. The number of aromatic nitrogens is 3. The van der Waals surface area contributed by atoms with Crippen LogP contribution in [0.5, 0.6) is 0 Å². The molecule has 3 aromatic rings. The molecule has 26 heavy (non-hydrogen) atoms. The Bertz CT molecular complexity index is 891. The minimum atomic E-state index is -2.95. The van der Waals surface area contributed by atoms with Gasteiger partial charge in [-0.2, -0.15) is 13.9 Å². The van der Waals surface area contributed by atoms with Crippen LogP contribution in [-0.2, 0) is 19.1 Å². The van der Waals surface area contributed by atoms with E-state index in [-0.39, 0.29) is 12.2 Å². The van der Waals surface area contributed by atoms with E-state index in [9.17, 15) is 8.78 Å². The number of halogens is 2. The first kappa shape index (κ1) is 18.4. The highest BCUT2D eigenvalue weighted by Gasteiger charge is 2.23. The number of nitrogens with zero attached hydrogens (tertiary/aromatic N) is 3. The summed E-state index contributed by atoms with van der Waals surface area (Å²) in [6.45, 7) is -0.00142. The number of anilines is 2. The molecule has 0 bridgehead atoms. The number of hydrogen-bond acceptors (Lipinski definition) is 4. The fourth-order valence-electron chi connectivity index (χ4n) is 2.57. The molecule has 1 heterocycles. The molecule has 3 rings (SSSR count). The molecule has 0 amide bonds. The molecular weight excluding hydrogens is 357 g/mol. The number of para-hydroxylation sites is 1. The van der Waals surface area contributed by atoms with Gasteiger partial charge in [-0.15, -0.1) is 0 Å². The largest absolute Gasteiger partial charge is 0.396 e. The Kier molecular flexibility index (Phi) is 5.30. The fraction of sp³-hybridized carbons (Fsp3) is 0.222. The predicted octanol–water partition coefficient (Wildman–Crippen LogP) is 3.68. The molecule has 0 aliphatic heterocycles. The lowest BCUT2D eigenvalue weighted by atomic mass is 10.1. The van der Waals surface area contributed by atoms with Crippen molar-refractivity contribution >= 4 is 20.6 Å². The standard InChI is InChI=1S/C18H19F2N4OP/c1-24-16(10-11-25)22-17(23-24)14-4-2-3-5-15(14)21-13-8-6-12(7-9-13)18(19,20)26/h2-9,21,25H,10-11,26H2,1H3. The second-order valence-electron chi connectivity index (χ2n) is 5.82. The highest BCUT2D eigenvalue weighted by Crippen LogP contribution is 2.36. The van der Waals surface area contributed by atoms with E-state index >= 15 is 0 Å². The van der Waals surface area contributed by atoms with Crippen LogP contribution in [0.3, 0.4) is 0 Å². The van der Waals surface area contributed by atoms with Crippen LogP contribution in [0.1, 0.15) is 11.4 Å². The molecule has 0 fully saturated rings. The number of rotatable bonds is 6. The Labute approximate surface area is 152 Å². The van der Waals surface area contributed by atoms with Crippen molar-refractivity contribution < 1.29 is 13.9 Å². The van der Waals surface area contributed by atoms with Crippen LogP contribution in [0.4, 0.5) is 20.2 Å². The molecule has 0 aliphatic rings. The van der Waals surface area contributed by atoms with Crippen molar-refractivity contribution in [2.75, 3.05) is 11.9 Å². The number of hydrogen-bond donors (Lipinski definition) is 2. The summed E-state index contributed by atoms with van der Waals surface area (Å²) in [7, 11) is 3.31. The van der Waals surface area contributed by atoms with Crippen LogP contribution in [0.25, 0.3) is 11.4 Å². The molecule has 136 valence electrons. The lowest BCUT2D eigenvalue weighted by Gasteiger charge is -2.13. The van der Waals surface area contributed by atoms with Gasteiger partial charge in [0.25, 0.3) is 5.66 Å². The average molecular weight is 376 g/mol. The van der Waals surface area contributed by atoms with Crippen molar-refractivity contribution in [1.29, 1.82) is 0 Å². The van der Waals surface area contributed by atoms with Crippen LogP contribution in [0.15, 0.2) is 48.5 Å². The summed E-state index contributed by atoms with van der Waals surface area (Å²) >= 11 is 0. The molecule has 8 heteroatoms. The summed E-state index contributed by atoms with van der Waals surface area (Å²) in [6.07, 6.45) is 0.420. The zero-order chi connectivity index (χ0) is 18.7. The molecule has 0 spiro atoms. The van der Waals surface area contributed by atoms with Crippen LogP contribution >= 0.6 is 9.24 Å². The second-order valence-corrected chi connectivity index (χ2v) is 6.54. The quantitative estimate of drug-likeness (QED) is 0.644. The summed E-state index contributed by atoms with van der Waals surface area (Å²) in [6, 6.07) is 13.5. The van der Waals surface area contributed by atoms with Gasteiger partial charge in [-0.25, -0.2) is 4.98 Å². The van der Waals surface area contributed by atoms with Crippen LogP contribution < -0.4 is 5.32 Å². The van der Waals surface area contributed by atoms with Gasteiger partial charge in [0.2, 0.25) is 0 Å². The summed E-state index contributed by atoms with van der Waals surface area (Å²) in [4.78, 5) is 4.47. The molecule has 0 saturated heterocycles. The van der Waals surface area contributed by atoms with E-state index in [0.717, 1.165) is 11.3 Å². The Balaban J connectivity index is 1.89. The lowest BCUT2D eigenvalue weighted by molar-refractivity contribution is 0.104. The van der Waals surface area contributed by atoms with Gasteiger partial charge in [0.1, 0.15) is 5.82 Å². The van der Waals surface area contributed by atoms with Crippen LogP contribution in [0.2, 0.25) is 0 Å². The molecule has 5 nitrogen and oxygen atoms in total. The normalized spacial score (nSPS) is 11.6. The third-order valence-corrected chi connectivity index (χ3v) is 4.24. The molecule has 0 radical (unpaired) electrons. The SMILES string of the molecule is Cn1nc(-c2ccccc2Nc2ccc(C(F)(F)P)cc2)nc1CCO. The number of benzene rings is 2. The highest BCUT2D eigenvalue weighted by molar-refractivity contribution is 7.17. The molecule has 1 unspecified atom stereocenters. The Hall–Kier alpha value is -2.37. The molecule has 2 N–H and O–H groups in total. The number of nitrogens with one attached hydrogen (secondary N) is 1. The van der Waals surface area contributed by atoms with Crippen molar-refractivity contribution in [3.8, 4) is 11.4 Å². The molecule has 1 aromatic heterocycles. The van der Waals surface area contributed by atoms with Gasteiger partial charge in [-0.05, 0) is 24.3 Å². The summed E-state index contributed by atoms with van der Waals surface area (Å²) < 4.78 is 28.3. The lowest BCUT2D eigenvalue weighted by Crippen LogP contribution is -2.02. The predicted molar refractivity (Wildman–Crippen MR) is 101 cm³/mol. The van der Waals surface area contributed by atoms with Gasteiger partial charge in [0, 0.05) is 36.0 Å². The maximum absolute atomic E-state index is 13.3. The number of alkyl halides is 2. The van der Waals surface area contributed by atoms with E-state index in [1.807, 2.05) is 24.3 Å². The third-order valence-electron chi connectivity index (χ3n) is 3.91. The number of aliphatic hydroxyl groups excluding tert-OH is 1. The van der Waals surface area contributed by atoms with Crippen LogP contribution in [0, 0.1) is 0 Å². The summed E-state index contributed by atoms with van der Waals surface area (Å²) in [5.74, 6) is 1.22. The van der Waals surface area contributed by atoms with E-state index in [1.54, 1.807) is 23.9 Å². The second kappa shape index (κ2) is 7.48. The van der Waals surface area contributed by atoms with Gasteiger partial charge in [-0.3, -0.25) is 4.68 Å². The molecule has 2 aromatic carbocycles. The topological polar surface area (TPSA) is 63.0 Å². The van der Waals surface area contributed by atoms with Crippen molar-refractivity contribution in [1.82, 2.24) is 14.8 Å². The maximum Gasteiger partial charge on any atom is 0.283 e. The monoisotopic (exact) mass is 376 g/mol. The average Bonchev–Trinajstić information content (AvgIpc) is 2.96. The molecule has 0 saturated carbocycles. The maximum atomic E-state index is 13.3. The van der Waals surface area contributed by atoms with E-state index in [2.05, 4.69) is 15.4 Å². The van der Waals surface area contributed by atoms with E-state index in [0.29, 0.717) is 23.8 Å². The van der Waals surface area contributed by atoms with Gasteiger partial charge < -0.3 is 10.4 Å². The van der Waals surface area contributed by atoms with E-state index < -0.39 is 5.66 Å². The van der Waals surface area contributed by atoms with Crippen molar-refractivity contribution in [2.45, 2.75) is 12.1 Å². The van der Waals surface area contributed by atoms with Gasteiger partial charge in [0.05, 0.1) is 6.61 Å². The van der Waals surface area contributed by atoms with Crippen molar-refractivity contribution in [3.63, 3.8) is 0 Å². The smallest absolute Gasteiger partial charge is 0.283 e. The van der Waals surface area contributed by atoms with Crippen LogP contribution in [-0.4, -0.2) is 26.5 Å². The zero-order valence-corrected chi connectivity index (χ0v) is 15.3. The summed E-state index contributed by atoms with van der Waals surface area (Å²) in [5, 5.41) is 16.7. The zero-order valence-electron chi connectivity index (χ0n) is 14.2. The minimum Gasteiger partial charge on any atom is -0.396 e. The van der Waals surface area contributed by atoms with Gasteiger partial charge in [0.15, 0.2) is 5.82 Å². The Morgan fingerprint density at radius 3 is 2.50 bits per heavy atom.